The number of rotatable bonds is 6. The molecule has 0 saturated carbocycles. The van der Waals surface area contributed by atoms with Gasteiger partial charge in [-0.05, 0) is 29.8 Å². The Bertz CT molecular complexity index is 975. The van der Waals surface area contributed by atoms with Crippen molar-refractivity contribution >= 4 is 29.9 Å². The highest BCUT2D eigenvalue weighted by molar-refractivity contribution is 14.0. The van der Waals surface area contributed by atoms with E-state index in [0.717, 1.165) is 49.9 Å². The monoisotopic (exact) mass is 552 g/mol. The van der Waals surface area contributed by atoms with E-state index in [1.54, 1.807) is 37.7 Å². The Morgan fingerprint density at radius 3 is 2.53 bits per heavy atom. The number of nitrogens with zero attached hydrogens (tertiary/aromatic N) is 5. The highest BCUT2D eigenvalue weighted by Gasteiger charge is 2.20. The van der Waals surface area contributed by atoms with Crippen molar-refractivity contribution in [3.05, 3.63) is 72.0 Å². The number of nitrogens with one attached hydrogen (secondary N) is 1. The van der Waals surface area contributed by atoms with Crippen molar-refractivity contribution in [1.82, 2.24) is 25.3 Å². The molecule has 0 atom stereocenters. The largest absolute Gasteiger partial charge is 0.439 e. The zero-order valence-corrected chi connectivity index (χ0v) is 20.1. The van der Waals surface area contributed by atoms with Crippen LogP contribution in [0, 0.1) is 5.82 Å². The molecule has 1 aliphatic rings. The SMILES string of the molecule is CN=C(NCc1ccc(Oc2ccc(F)cc2)nc1)N1CCN(Cc2ccon2)CC1.I. The van der Waals surface area contributed by atoms with Crippen LogP contribution in [0.3, 0.4) is 0 Å². The maximum atomic E-state index is 13.0. The van der Waals surface area contributed by atoms with Gasteiger partial charge in [0.05, 0.1) is 5.69 Å². The number of aromatic nitrogens is 2. The maximum absolute atomic E-state index is 13.0. The molecular weight excluding hydrogens is 526 g/mol. The third-order valence-electron chi connectivity index (χ3n) is 5.04. The number of ether oxygens (including phenoxy) is 1. The van der Waals surface area contributed by atoms with Crippen LogP contribution >= 0.6 is 24.0 Å². The summed E-state index contributed by atoms with van der Waals surface area (Å²) in [7, 11) is 1.79. The molecule has 1 N–H and O–H groups in total. The molecule has 1 aliphatic heterocycles. The van der Waals surface area contributed by atoms with Gasteiger partial charge < -0.3 is 19.5 Å². The van der Waals surface area contributed by atoms with Gasteiger partial charge in [-0.1, -0.05) is 11.2 Å². The predicted molar refractivity (Wildman–Crippen MR) is 130 cm³/mol. The first-order valence-corrected chi connectivity index (χ1v) is 10.1. The lowest BCUT2D eigenvalue weighted by Gasteiger charge is -2.36. The first-order chi connectivity index (χ1) is 15.2. The molecule has 0 amide bonds. The lowest BCUT2D eigenvalue weighted by atomic mass is 10.2. The van der Waals surface area contributed by atoms with Gasteiger partial charge in [-0.2, -0.15) is 0 Å². The number of aliphatic imine (C=N–C) groups is 1. The van der Waals surface area contributed by atoms with Crippen molar-refractivity contribution in [1.29, 1.82) is 0 Å². The lowest BCUT2D eigenvalue weighted by molar-refractivity contribution is 0.169. The molecule has 0 unspecified atom stereocenters. The van der Waals surface area contributed by atoms with E-state index in [1.807, 2.05) is 12.1 Å². The highest BCUT2D eigenvalue weighted by atomic mass is 127. The van der Waals surface area contributed by atoms with Gasteiger partial charge in [-0.3, -0.25) is 9.89 Å². The summed E-state index contributed by atoms with van der Waals surface area (Å²) in [5.74, 6) is 1.57. The van der Waals surface area contributed by atoms with Crippen LogP contribution in [0.5, 0.6) is 11.6 Å². The van der Waals surface area contributed by atoms with E-state index in [0.29, 0.717) is 18.2 Å². The summed E-state index contributed by atoms with van der Waals surface area (Å²) in [5, 5.41) is 7.38. The molecule has 10 heteroatoms. The molecule has 1 fully saturated rings. The average Bonchev–Trinajstić information content (AvgIpc) is 3.31. The van der Waals surface area contributed by atoms with Crippen molar-refractivity contribution in [2.45, 2.75) is 13.1 Å². The van der Waals surface area contributed by atoms with Gasteiger partial charge in [0.25, 0.3) is 0 Å². The Morgan fingerprint density at radius 1 is 1.12 bits per heavy atom. The molecule has 1 saturated heterocycles. The summed E-state index contributed by atoms with van der Waals surface area (Å²) in [6.45, 7) is 5.06. The Morgan fingerprint density at radius 2 is 1.91 bits per heavy atom. The number of guanidine groups is 1. The molecule has 0 bridgehead atoms. The van der Waals surface area contributed by atoms with Crippen molar-refractivity contribution < 1.29 is 13.7 Å². The summed E-state index contributed by atoms with van der Waals surface area (Å²) >= 11 is 0. The van der Waals surface area contributed by atoms with Gasteiger partial charge in [0.1, 0.15) is 17.8 Å². The Kier molecular flexibility index (Phi) is 8.80. The van der Waals surface area contributed by atoms with Crippen LogP contribution in [-0.2, 0) is 13.1 Å². The van der Waals surface area contributed by atoms with Crippen LogP contribution in [0.15, 0.2) is 64.4 Å². The van der Waals surface area contributed by atoms with E-state index in [-0.39, 0.29) is 29.8 Å². The molecular formula is C22H26FIN6O2. The fourth-order valence-corrected chi connectivity index (χ4v) is 3.38. The standard InChI is InChI=1S/C22H25FN6O2.HI/c1-24-22(29-11-9-28(10-12-29)16-19-8-13-30-27-19)26-15-17-2-7-21(25-14-17)31-20-5-3-18(23)4-6-20;/h2-8,13-14H,9-12,15-16H2,1H3,(H,24,26);1H. The van der Waals surface area contributed by atoms with Crippen LogP contribution < -0.4 is 10.1 Å². The van der Waals surface area contributed by atoms with Gasteiger partial charge in [-0.25, -0.2) is 9.37 Å². The minimum absolute atomic E-state index is 0. The fourth-order valence-electron chi connectivity index (χ4n) is 3.38. The minimum Gasteiger partial charge on any atom is -0.439 e. The molecule has 4 rings (SSSR count). The van der Waals surface area contributed by atoms with E-state index >= 15 is 0 Å². The zero-order valence-electron chi connectivity index (χ0n) is 17.8. The van der Waals surface area contributed by atoms with E-state index in [4.69, 9.17) is 9.26 Å². The second kappa shape index (κ2) is 11.8. The molecule has 2 aromatic heterocycles. The van der Waals surface area contributed by atoms with Crippen molar-refractivity contribution in [3.8, 4) is 11.6 Å². The Labute approximate surface area is 203 Å². The van der Waals surface area contributed by atoms with Crippen LogP contribution in [0.4, 0.5) is 4.39 Å². The number of benzene rings is 1. The maximum Gasteiger partial charge on any atom is 0.219 e. The smallest absolute Gasteiger partial charge is 0.219 e. The number of piperazine rings is 1. The normalized spacial score (nSPS) is 14.7. The lowest BCUT2D eigenvalue weighted by Crippen LogP contribution is -2.52. The van der Waals surface area contributed by atoms with E-state index in [9.17, 15) is 4.39 Å². The molecule has 3 aromatic rings. The predicted octanol–water partition coefficient (Wildman–Crippen LogP) is 3.51. The van der Waals surface area contributed by atoms with Crippen molar-refractivity contribution in [2.75, 3.05) is 33.2 Å². The van der Waals surface area contributed by atoms with Crippen LogP contribution in [0.25, 0.3) is 0 Å². The van der Waals surface area contributed by atoms with Crippen molar-refractivity contribution in [3.63, 3.8) is 0 Å². The topological polar surface area (TPSA) is 79.0 Å². The second-order valence-electron chi connectivity index (χ2n) is 7.22. The number of halogens is 2. The van der Waals surface area contributed by atoms with Crippen LogP contribution in [0.1, 0.15) is 11.3 Å². The zero-order chi connectivity index (χ0) is 21.5. The first-order valence-electron chi connectivity index (χ1n) is 10.1. The summed E-state index contributed by atoms with van der Waals surface area (Å²) in [6, 6.07) is 11.5. The fraction of sp³-hybridized carbons (Fsp3) is 0.318. The summed E-state index contributed by atoms with van der Waals surface area (Å²) < 4.78 is 23.5. The molecule has 0 aliphatic carbocycles. The molecule has 170 valence electrons. The molecule has 1 aromatic carbocycles. The van der Waals surface area contributed by atoms with Crippen LogP contribution in [0.2, 0.25) is 0 Å². The molecule has 3 heterocycles. The second-order valence-corrected chi connectivity index (χ2v) is 7.22. The number of hydrogen-bond donors (Lipinski definition) is 1. The van der Waals surface area contributed by atoms with E-state index < -0.39 is 0 Å². The van der Waals surface area contributed by atoms with Gasteiger partial charge in [0.15, 0.2) is 5.96 Å². The van der Waals surface area contributed by atoms with E-state index in [1.165, 1.54) is 12.1 Å². The number of hydrogen-bond acceptors (Lipinski definition) is 6. The molecule has 8 nitrogen and oxygen atoms in total. The summed E-state index contributed by atoms with van der Waals surface area (Å²) in [6.07, 6.45) is 3.36. The highest BCUT2D eigenvalue weighted by Crippen LogP contribution is 2.19. The van der Waals surface area contributed by atoms with Crippen molar-refractivity contribution in [2.24, 2.45) is 4.99 Å². The molecule has 0 radical (unpaired) electrons. The third-order valence-corrected chi connectivity index (χ3v) is 5.04. The van der Waals surface area contributed by atoms with Gasteiger partial charge in [0.2, 0.25) is 5.88 Å². The van der Waals surface area contributed by atoms with Crippen LogP contribution in [-0.4, -0.2) is 59.1 Å². The quantitative estimate of drug-likeness (QED) is 0.285. The Hall–Kier alpha value is -2.73. The van der Waals surface area contributed by atoms with E-state index in [2.05, 4.69) is 30.2 Å². The van der Waals surface area contributed by atoms with Gasteiger partial charge in [0, 0.05) is 64.6 Å². The first kappa shape index (κ1) is 23.9. The Balaban J connectivity index is 0.00000289. The molecule has 32 heavy (non-hydrogen) atoms. The van der Waals surface area contributed by atoms with Gasteiger partial charge in [-0.15, -0.1) is 24.0 Å². The van der Waals surface area contributed by atoms with Gasteiger partial charge >= 0.3 is 0 Å². The minimum atomic E-state index is -0.300. The third kappa shape index (κ3) is 6.63. The number of pyridine rings is 1. The summed E-state index contributed by atoms with van der Waals surface area (Å²) in [5.41, 5.74) is 1.97. The summed E-state index contributed by atoms with van der Waals surface area (Å²) in [4.78, 5) is 13.3. The molecule has 0 spiro atoms. The average molecular weight is 552 g/mol.